The number of likely N-dealkylation sites (N-methyl/N-ethyl adjacent to an activating group) is 1. The van der Waals surface area contributed by atoms with E-state index in [9.17, 15) is 4.79 Å². The molecular weight excluding hydrogens is 416 g/mol. The summed E-state index contributed by atoms with van der Waals surface area (Å²) >= 11 is 0. The number of benzene rings is 2. The molecule has 8 heteroatoms. The number of carbonyl (C=O) groups is 1. The molecule has 33 heavy (non-hydrogen) atoms. The van der Waals surface area contributed by atoms with Gasteiger partial charge in [-0.25, -0.2) is 9.97 Å². The van der Waals surface area contributed by atoms with Gasteiger partial charge in [-0.1, -0.05) is 30.3 Å². The first-order chi connectivity index (χ1) is 16.0. The van der Waals surface area contributed by atoms with Gasteiger partial charge in [0.15, 0.2) is 0 Å². The van der Waals surface area contributed by atoms with Gasteiger partial charge in [0.2, 0.25) is 5.91 Å². The number of ether oxygens (including phenoxy) is 1. The zero-order valence-electron chi connectivity index (χ0n) is 18.9. The maximum atomic E-state index is 13.0. The van der Waals surface area contributed by atoms with Gasteiger partial charge in [-0.3, -0.25) is 14.4 Å². The van der Waals surface area contributed by atoms with Crippen LogP contribution in [0.15, 0.2) is 55.0 Å². The number of hydrogen-bond acceptors (Lipinski definition) is 6. The minimum absolute atomic E-state index is 0.0302. The number of fused-ring (bicyclic) bond motifs is 1. The van der Waals surface area contributed by atoms with E-state index in [1.807, 2.05) is 62.8 Å². The molecule has 0 aliphatic carbocycles. The molecule has 1 fully saturated rings. The van der Waals surface area contributed by atoms with Gasteiger partial charge in [-0.2, -0.15) is 5.10 Å². The molecular formula is C25H26N6O2. The van der Waals surface area contributed by atoms with Gasteiger partial charge in [-0.15, -0.1) is 0 Å². The summed E-state index contributed by atoms with van der Waals surface area (Å²) in [5, 5.41) is 8.58. The van der Waals surface area contributed by atoms with E-state index in [0.29, 0.717) is 11.4 Å². The minimum Gasteiger partial charge on any atom is -0.494 e. The third-order valence-electron chi connectivity index (χ3n) is 6.17. The Hall–Kier alpha value is -3.78. The highest BCUT2D eigenvalue weighted by Crippen LogP contribution is 2.37. The molecule has 0 bridgehead atoms. The molecule has 1 saturated heterocycles. The zero-order valence-corrected chi connectivity index (χ0v) is 18.9. The molecule has 1 aliphatic rings. The molecule has 168 valence electrons. The van der Waals surface area contributed by atoms with Crippen LogP contribution in [-0.4, -0.2) is 57.3 Å². The Bertz CT molecular complexity index is 1320. The summed E-state index contributed by atoms with van der Waals surface area (Å²) in [5.74, 6) is 0.535. The van der Waals surface area contributed by atoms with Gasteiger partial charge < -0.3 is 10.1 Å². The number of nitrogens with zero attached hydrogens (tertiary/aromatic N) is 5. The molecule has 0 radical (unpaired) electrons. The SMILES string of the molecule is COc1cc2ncnc(-c3cn(C)nc3-c3ccccc3)c2cc1NC(=O)[C@H]1CCCN1C. The first-order valence-corrected chi connectivity index (χ1v) is 11.0. The summed E-state index contributed by atoms with van der Waals surface area (Å²) in [6.07, 6.45) is 5.37. The molecule has 0 saturated carbocycles. The molecule has 1 atom stereocenters. The molecule has 1 aliphatic heterocycles. The number of carbonyl (C=O) groups excluding carboxylic acids is 1. The normalized spacial score (nSPS) is 16.3. The minimum atomic E-state index is -0.139. The average molecular weight is 443 g/mol. The van der Waals surface area contributed by atoms with E-state index < -0.39 is 0 Å². The number of amides is 1. The largest absolute Gasteiger partial charge is 0.494 e. The summed E-state index contributed by atoms with van der Waals surface area (Å²) in [5.41, 5.74) is 4.84. The molecule has 0 unspecified atom stereocenters. The average Bonchev–Trinajstić information content (AvgIpc) is 3.44. The van der Waals surface area contributed by atoms with Crippen LogP contribution in [0.25, 0.3) is 33.4 Å². The van der Waals surface area contributed by atoms with Crippen molar-refractivity contribution in [2.45, 2.75) is 18.9 Å². The monoisotopic (exact) mass is 442 g/mol. The Labute approximate surface area is 192 Å². The number of aryl methyl sites for hydroxylation is 1. The quantitative estimate of drug-likeness (QED) is 0.507. The molecule has 1 amide bonds. The number of rotatable bonds is 5. The lowest BCUT2D eigenvalue weighted by Gasteiger charge is -2.20. The number of nitrogens with one attached hydrogen (secondary N) is 1. The second-order valence-electron chi connectivity index (χ2n) is 8.35. The van der Waals surface area contributed by atoms with E-state index in [1.54, 1.807) is 18.1 Å². The predicted octanol–water partition coefficient (Wildman–Crippen LogP) is 3.74. The number of likely N-dealkylation sites (tertiary alicyclic amines) is 1. The first kappa shape index (κ1) is 21.1. The fourth-order valence-corrected chi connectivity index (χ4v) is 4.49. The van der Waals surface area contributed by atoms with Gasteiger partial charge in [0, 0.05) is 35.8 Å². The molecule has 1 N–H and O–H groups in total. The van der Waals surface area contributed by atoms with Crippen LogP contribution in [-0.2, 0) is 11.8 Å². The van der Waals surface area contributed by atoms with Crippen molar-refractivity contribution in [1.82, 2.24) is 24.6 Å². The maximum Gasteiger partial charge on any atom is 0.241 e. The lowest BCUT2D eigenvalue weighted by molar-refractivity contribution is -0.119. The third-order valence-corrected chi connectivity index (χ3v) is 6.17. The van der Waals surface area contributed by atoms with Crippen LogP contribution in [0.1, 0.15) is 12.8 Å². The second-order valence-corrected chi connectivity index (χ2v) is 8.35. The smallest absolute Gasteiger partial charge is 0.241 e. The van der Waals surface area contributed by atoms with Crippen LogP contribution in [0.4, 0.5) is 5.69 Å². The molecule has 8 nitrogen and oxygen atoms in total. The van der Waals surface area contributed by atoms with Gasteiger partial charge in [0.1, 0.15) is 17.8 Å². The molecule has 3 heterocycles. The van der Waals surface area contributed by atoms with Crippen molar-refractivity contribution in [3.8, 4) is 28.3 Å². The van der Waals surface area contributed by atoms with Gasteiger partial charge in [-0.05, 0) is 32.5 Å². The highest BCUT2D eigenvalue weighted by Gasteiger charge is 2.28. The summed E-state index contributed by atoms with van der Waals surface area (Å²) in [4.78, 5) is 24.1. The topological polar surface area (TPSA) is 85.2 Å². The maximum absolute atomic E-state index is 13.0. The van der Waals surface area contributed by atoms with E-state index in [0.717, 1.165) is 52.8 Å². The zero-order chi connectivity index (χ0) is 22.9. The third kappa shape index (κ3) is 3.93. The number of aromatic nitrogens is 4. The van der Waals surface area contributed by atoms with Crippen LogP contribution in [0.2, 0.25) is 0 Å². The van der Waals surface area contributed by atoms with Crippen molar-refractivity contribution in [2.75, 3.05) is 26.0 Å². The van der Waals surface area contributed by atoms with Crippen molar-refractivity contribution in [3.63, 3.8) is 0 Å². The summed E-state index contributed by atoms with van der Waals surface area (Å²) in [7, 11) is 5.47. The Morgan fingerprint density at radius 1 is 1.12 bits per heavy atom. The van der Waals surface area contributed by atoms with Gasteiger partial charge in [0.05, 0.1) is 30.0 Å². The number of anilines is 1. The lowest BCUT2D eigenvalue weighted by atomic mass is 10.0. The Morgan fingerprint density at radius 3 is 2.67 bits per heavy atom. The van der Waals surface area contributed by atoms with Crippen molar-refractivity contribution in [3.05, 3.63) is 55.0 Å². The number of methoxy groups -OCH3 is 1. The molecule has 2 aromatic heterocycles. The van der Waals surface area contributed by atoms with Crippen molar-refractivity contribution in [2.24, 2.45) is 7.05 Å². The van der Waals surface area contributed by atoms with E-state index in [-0.39, 0.29) is 11.9 Å². The van der Waals surface area contributed by atoms with Crippen LogP contribution in [0, 0.1) is 0 Å². The molecule has 0 spiro atoms. The van der Waals surface area contributed by atoms with E-state index >= 15 is 0 Å². The molecule has 2 aromatic carbocycles. The fourth-order valence-electron chi connectivity index (χ4n) is 4.49. The number of hydrogen-bond donors (Lipinski definition) is 1. The Kier molecular flexibility index (Phi) is 5.51. The predicted molar refractivity (Wildman–Crippen MR) is 128 cm³/mol. The van der Waals surface area contributed by atoms with Crippen molar-refractivity contribution < 1.29 is 9.53 Å². The summed E-state index contributed by atoms with van der Waals surface area (Å²) in [6.45, 7) is 0.925. The fraction of sp³-hybridized carbons (Fsp3) is 0.280. The molecule has 5 rings (SSSR count). The molecule has 4 aromatic rings. The Balaban J connectivity index is 1.62. The summed E-state index contributed by atoms with van der Waals surface area (Å²) < 4.78 is 7.37. The van der Waals surface area contributed by atoms with E-state index in [2.05, 4.69) is 25.3 Å². The van der Waals surface area contributed by atoms with Crippen molar-refractivity contribution in [1.29, 1.82) is 0 Å². The van der Waals surface area contributed by atoms with Crippen LogP contribution in [0.3, 0.4) is 0 Å². The van der Waals surface area contributed by atoms with E-state index in [4.69, 9.17) is 4.74 Å². The second kappa shape index (κ2) is 8.63. The van der Waals surface area contributed by atoms with Crippen LogP contribution in [0.5, 0.6) is 5.75 Å². The Morgan fingerprint density at radius 2 is 1.94 bits per heavy atom. The summed E-state index contributed by atoms with van der Waals surface area (Å²) in [6, 6.07) is 13.6. The standard InChI is InChI=1S/C25H26N6O2/c1-30-11-7-10-21(30)25(32)28-20-12-17-19(13-22(20)33-3)26-15-27-24(17)18-14-31(2)29-23(18)16-8-5-4-6-9-16/h4-6,8-9,12-15,21H,7,10-11H2,1-3H3,(H,28,32)/t21-/m1/s1. The van der Waals surface area contributed by atoms with Crippen molar-refractivity contribution >= 4 is 22.5 Å². The van der Waals surface area contributed by atoms with E-state index in [1.165, 1.54) is 0 Å². The highest BCUT2D eigenvalue weighted by molar-refractivity contribution is 6.02. The first-order valence-electron chi connectivity index (χ1n) is 11.0. The van der Waals surface area contributed by atoms with Gasteiger partial charge >= 0.3 is 0 Å². The van der Waals surface area contributed by atoms with Crippen LogP contribution >= 0.6 is 0 Å². The lowest BCUT2D eigenvalue weighted by Crippen LogP contribution is -2.37. The van der Waals surface area contributed by atoms with Crippen LogP contribution < -0.4 is 10.1 Å². The van der Waals surface area contributed by atoms with Gasteiger partial charge in [0.25, 0.3) is 0 Å². The highest BCUT2D eigenvalue weighted by atomic mass is 16.5.